The Balaban J connectivity index is 2.26. The highest BCUT2D eigenvalue weighted by molar-refractivity contribution is 4.82. The lowest BCUT2D eigenvalue weighted by molar-refractivity contribution is -0.000243. The van der Waals surface area contributed by atoms with Crippen LogP contribution >= 0.6 is 0 Å². The summed E-state index contributed by atoms with van der Waals surface area (Å²) in [6.07, 6.45) is 5.70. The molecule has 2 N–H and O–H groups in total. The van der Waals surface area contributed by atoms with Crippen LogP contribution in [0.3, 0.4) is 0 Å². The van der Waals surface area contributed by atoms with Gasteiger partial charge in [0, 0.05) is 0 Å². The Morgan fingerprint density at radius 1 is 1.58 bits per heavy atom. The molecule has 72 valence electrons. The average molecular weight is 171 g/mol. The highest BCUT2D eigenvalue weighted by Gasteiger charge is 2.29. The van der Waals surface area contributed by atoms with Gasteiger partial charge in [0.1, 0.15) is 0 Å². The second kappa shape index (κ2) is 4.24. The first kappa shape index (κ1) is 10.0. The van der Waals surface area contributed by atoms with Crippen LogP contribution in [0.5, 0.6) is 0 Å². The Morgan fingerprint density at radius 3 is 2.92 bits per heavy atom. The second-order valence-electron chi connectivity index (χ2n) is 4.35. The first-order chi connectivity index (χ1) is 5.64. The molecule has 0 radical (unpaired) electrons. The molecular weight excluding hydrogens is 150 g/mol. The van der Waals surface area contributed by atoms with Crippen LogP contribution in [-0.2, 0) is 0 Å². The Kier molecular flexibility index (Phi) is 3.53. The molecule has 2 atom stereocenters. The van der Waals surface area contributed by atoms with E-state index in [-0.39, 0.29) is 5.60 Å². The van der Waals surface area contributed by atoms with Crippen molar-refractivity contribution in [3.8, 4) is 0 Å². The molecule has 0 spiro atoms. The van der Waals surface area contributed by atoms with Gasteiger partial charge in [-0.25, -0.2) is 0 Å². The van der Waals surface area contributed by atoms with Gasteiger partial charge in [0.2, 0.25) is 0 Å². The predicted octanol–water partition coefficient (Wildman–Crippen LogP) is 1.54. The van der Waals surface area contributed by atoms with Crippen molar-refractivity contribution in [1.82, 2.24) is 5.32 Å². The quantitative estimate of drug-likeness (QED) is 0.675. The number of hydrogen-bond acceptors (Lipinski definition) is 2. The summed E-state index contributed by atoms with van der Waals surface area (Å²) in [6.45, 7) is 3.05. The molecule has 0 bridgehead atoms. The number of rotatable bonds is 3. The molecule has 0 aromatic heterocycles. The maximum atomic E-state index is 9.82. The van der Waals surface area contributed by atoms with Crippen LogP contribution in [0.4, 0.5) is 0 Å². The van der Waals surface area contributed by atoms with Gasteiger partial charge in [-0.05, 0) is 45.7 Å². The van der Waals surface area contributed by atoms with Crippen molar-refractivity contribution in [3.63, 3.8) is 0 Å². The highest BCUT2D eigenvalue weighted by atomic mass is 16.3. The van der Waals surface area contributed by atoms with Crippen LogP contribution in [0.25, 0.3) is 0 Å². The molecule has 2 unspecified atom stereocenters. The molecular formula is C10H21NO. The summed E-state index contributed by atoms with van der Waals surface area (Å²) in [5.41, 5.74) is -0.378. The zero-order valence-corrected chi connectivity index (χ0v) is 8.27. The van der Waals surface area contributed by atoms with Crippen molar-refractivity contribution < 1.29 is 5.11 Å². The lowest BCUT2D eigenvalue weighted by Crippen LogP contribution is -2.32. The Labute approximate surface area is 75.4 Å². The van der Waals surface area contributed by atoms with E-state index in [0.29, 0.717) is 0 Å². The summed E-state index contributed by atoms with van der Waals surface area (Å²) in [5.74, 6) is 0.737. The van der Waals surface area contributed by atoms with Crippen LogP contribution in [0.1, 0.15) is 39.0 Å². The van der Waals surface area contributed by atoms with Crippen molar-refractivity contribution in [2.75, 3.05) is 13.6 Å². The van der Waals surface area contributed by atoms with Gasteiger partial charge in [-0.15, -0.1) is 0 Å². The molecule has 2 heteroatoms. The third-order valence-corrected chi connectivity index (χ3v) is 2.86. The van der Waals surface area contributed by atoms with E-state index in [0.717, 1.165) is 25.3 Å². The van der Waals surface area contributed by atoms with Crippen molar-refractivity contribution in [3.05, 3.63) is 0 Å². The van der Waals surface area contributed by atoms with E-state index in [9.17, 15) is 5.11 Å². The third kappa shape index (κ3) is 3.11. The van der Waals surface area contributed by atoms with E-state index < -0.39 is 0 Å². The van der Waals surface area contributed by atoms with E-state index in [4.69, 9.17) is 0 Å². The van der Waals surface area contributed by atoms with Gasteiger partial charge < -0.3 is 10.4 Å². The molecule has 1 fully saturated rings. The molecule has 0 amide bonds. The van der Waals surface area contributed by atoms with E-state index in [1.807, 2.05) is 14.0 Å². The second-order valence-corrected chi connectivity index (χ2v) is 4.35. The van der Waals surface area contributed by atoms with Gasteiger partial charge in [-0.1, -0.05) is 12.8 Å². The monoisotopic (exact) mass is 171 g/mol. The summed E-state index contributed by atoms with van der Waals surface area (Å²) in [4.78, 5) is 0. The molecule has 2 nitrogen and oxygen atoms in total. The maximum absolute atomic E-state index is 9.82. The Bertz CT molecular complexity index is 134. The largest absolute Gasteiger partial charge is 0.390 e. The smallest absolute Gasteiger partial charge is 0.0622 e. The van der Waals surface area contributed by atoms with Crippen molar-refractivity contribution in [2.24, 2.45) is 5.92 Å². The van der Waals surface area contributed by atoms with Crippen molar-refractivity contribution >= 4 is 0 Å². The molecule has 1 aliphatic rings. The minimum atomic E-state index is -0.378. The highest BCUT2D eigenvalue weighted by Crippen LogP contribution is 2.33. The lowest BCUT2D eigenvalue weighted by atomic mass is 9.78. The molecule has 12 heavy (non-hydrogen) atoms. The van der Waals surface area contributed by atoms with Gasteiger partial charge in [-0.2, -0.15) is 0 Å². The normalized spacial score (nSPS) is 36.8. The first-order valence-corrected chi connectivity index (χ1v) is 5.01. The van der Waals surface area contributed by atoms with Crippen molar-refractivity contribution in [1.29, 1.82) is 0 Å². The Morgan fingerprint density at radius 2 is 2.33 bits per heavy atom. The summed E-state index contributed by atoms with van der Waals surface area (Å²) >= 11 is 0. The molecule has 0 heterocycles. The summed E-state index contributed by atoms with van der Waals surface area (Å²) in [5, 5.41) is 13.0. The molecule has 1 aliphatic carbocycles. The molecule has 0 aromatic carbocycles. The summed E-state index contributed by atoms with van der Waals surface area (Å²) < 4.78 is 0. The van der Waals surface area contributed by atoms with Gasteiger partial charge in [0.15, 0.2) is 0 Å². The lowest BCUT2D eigenvalue weighted by Gasteiger charge is -2.33. The topological polar surface area (TPSA) is 32.3 Å². The SMILES string of the molecule is CNCCC1CCCC(C)(O)C1. The van der Waals surface area contributed by atoms with Gasteiger partial charge >= 0.3 is 0 Å². The molecule has 0 aliphatic heterocycles. The van der Waals surface area contributed by atoms with E-state index >= 15 is 0 Å². The fourth-order valence-corrected chi connectivity index (χ4v) is 2.19. The van der Waals surface area contributed by atoms with Crippen LogP contribution in [0.2, 0.25) is 0 Å². The zero-order chi connectivity index (χ0) is 9.03. The minimum Gasteiger partial charge on any atom is -0.390 e. The summed E-state index contributed by atoms with van der Waals surface area (Å²) in [7, 11) is 1.99. The minimum absolute atomic E-state index is 0.378. The first-order valence-electron chi connectivity index (χ1n) is 5.01. The van der Waals surface area contributed by atoms with Crippen molar-refractivity contribution in [2.45, 2.75) is 44.6 Å². The van der Waals surface area contributed by atoms with E-state index in [1.54, 1.807) is 0 Å². The summed E-state index contributed by atoms with van der Waals surface area (Å²) in [6, 6.07) is 0. The van der Waals surface area contributed by atoms with Gasteiger partial charge in [0.25, 0.3) is 0 Å². The predicted molar refractivity (Wildman–Crippen MR) is 51.1 cm³/mol. The van der Waals surface area contributed by atoms with Gasteiger partial charge in [0.05, 0.1) is 5.60 Å². The van der Waals surface area contributed by atoms with E-state index in [2.05, 4.69) is 5.32 Å². The van der Waals surface area contributed by atoms with Crippen LogP contribution < -0.4 is 5.32 Å². The van der Waals surface area contributed by atoms with Crippen LogP contribution in [-0.4, -0.2) is 24.3 Å². The number of aliphatic hydroxyl groups is 1. The zero-order valence-electron chi connectivity index (χ0n) is 8.27. The van der Waals surface area contributed by atoms with E-state index in [1.165, 1.54) is 19.3 Å². The average Bonchev–Trinajstić information content (AvgIpc) is 1.99. The fraction of sp³-hybridized carbons (Fsp3) is 1.00. The standard InChI is InChI=1S/C10H21NO/c1-10(12)6-3-4-9(8-10)5-7-11-2/h9,11-12H,3-8H2,1-2H3. The van der Waals surface area contributed by atoms with Crippen LogP contribution in [0.15, 0.2) is 0 Å². The maximum Gasteiger partial charge on any atom is 0.0622 e. The Hall–Kier alpha value is -0.0800. The number of nitrogens with one attached hydrogen (secondary N) is 1. The number of hydrogen-bond donors (Lipinski definition) is 2. The molecule has 0 aromatic rings. The van der Waals surface area contributed by atoms with Gasteiger partial charge in [-0.3, -0.25) is 0 Å². The molecule has 0 saturated heterocycles. The fourth-order valence-electron chi connectivity index (χ4n) is 2.19. The van der Waals surface area contributed by atoms with Crippen LogP contribution in [0, 0.1) is 5.92 Å². The molecule has 1 rings (SSSR count). The third-order valence-electron chi connectivity index (χ3n) is 2.86. The molecule has 1 saturated carbocycles.